The normalized spacial score (nSPS) is 11.8. The fourth-order valence-corrected chi connectivity index (χ4v) is 2.44. The number of nitrogens with one attached hydrogen (secondary N) is 2. The van der Waals surface area contributed by atoms with Crippen molar-refractivity contribution in [3.8, 4) is 0 Å². The van der Waals surface area contributed by atoms with Crippen LogP contribution in [0.1, 0.15) is 28.9 Å². The van der Waals surface area contributed by atoms with Crippen molar-refractivity contribution in [3.05, 3.63) is 63.6 Å². The molecule has 110 valence electrons. The number of hydrogen-bond acceptors (Lipinski definition) is 2. The Hall–Kier alpha value is -1.71. The maximum absolute atomic E-state index is 11.7. The third kappa shape index (κ3) is 3.90. The molecule has 2 aromatic carbocycles. The maximum Gasteiger partial charge on any atom is 0.252 e. The van der Waals surface area contributed by atoms with Gasteiger partial charge in [0.25, 0.3) is 5.91 Å². The van der Waals surface area contributed by atoms with Gasteiger partial charge in [-0.15, -0.1) is 0 Å². The molecule has 0 aliphatic carbocycles. The topological polar surface area (TPSA) is 41.1 Å². The van der Waals surface area contributed by atoms with E-state index in [1.165, 1.54) is 0 Å². The van der Waals surface area contributed by atoms with Crippen molar-refractivity contribution in [2.45, 2.75) is 13.0 Å². The van der Waals surface area contributed by atoms with E-state index in [1.807, 2.05) is 37.3 Å². The van der Waals surface area contributed by atoms with Crippen molar-refractivity contribution in [2.24, 2.45) is 0 Å². The molecule has 0 aliphatic heterocycles. The van der Waals surface area contributed by atoms with E-state index in [1.54, 1.807) is 19.2 Å². The highest BCUT2D eigenvalue weighted by atomic mass is 35.5. The quantitative estimate of drug-likeness (QED) is 0.868. The van der Waals surface area contributed by atoms with Gasteiger partial charge in [0.2, 0.25) is 0 Å². The van der Waals surface area contributed by atoms with E-state index in [9.17, 15) is 4.79 Å². The summed E-state index contributed by atoms with van der Waals surface area (Å²) in [6.07, 6.45) is 0. The van der Waals surface area contributed by atoms with Crippen LogP contribution < -0.4 is 10.6 Å². The van der Waals surface area contributed by atoms with E-state index in [4.69, 9.17) is 23.2 Å². The summed E-state index contributed by atoms with van der Waals surface area (Å²) in [6, 6.07) is 13.0. The first-order chi connectivity index (χ1) is 10.0. The molecule has 1 atom stereocenters. The Kier molecular flexibility index (Phi) is 5.10. The van der Waals surface area contributed by atoms with E-state index in [0.29, 0.717) is 15.6 Å². The monoisotopic (exact) mass is 322 g/mol. The molecule has 0 aliphatic rings. The fraction of sp³-hybridized carbons (Fsp3) is 0.188. The summed E-state index contributed by atoms with van der Waals surface area (Å²) in [5.74, 6) is -0.209. The average Bonchev–Trinajstić information content (AvgIpc) is 2.48. The first-order valence-electron chi connectivity index (χ1n) is 6.55. The van der Waals surface area contributed by atoms with Crippen LogP contribution in [0, 0.1) is 0 Å². The third-order valence-electron chi connectivity index (χ3n) is 3.17. The Morgan fingerprint density at radius 1 is 1.14 bits per heavy atom. The van der Waals surface area contributed by atoms with E-state index >= 15 is 0 Å². The molecule has 0 heterocycles. The average molecular weight is 323 g/mol. The molecule has 0 fully saturated rings. The molecule has 0 radical (unpaired) electrons. The minimum Gasteiger partial charge on any atom is -0.378 e. The zero-order chi connectivity index (χ0) is 15.4. The second kappa shape index (κ2) is 6.83. The number of hydrogen-bond donors (Lipinski definition) is 2. The smallest absolute Gasteiger partial charge is 0.252 e. The third-order valence-corrected chi connectivity index (χ3v) is 3.73. The van der Waals surface area contributed by atoms with Gasteiger partial charge in [0.15, 0.2) is 0 Å². The van der Waals surface area contributed by atoms with Crippen molar-refractivity contribution >= 4 is 34.8 Å². The Bertz CT molecular complexity index is 658. The lowest BCUT2D eigenvalue weighted by atomic mass is 10.1. The van der Waals surface area contributed by atoms with Crippen LogP contribution in [0.3, 0.4) is 0 Å². The van der Waals surface area contributed by atoms with Crippen molar-refractivity contribution in [1.29, 1.82) is 0 Å². The fourth-order valence-electron chi connectivity index (χ4n) is 2.03. The summed E-state index contributed by atoms with van der Waals surface area (Å²) >= 11 is 12.0. The molecule has 0 saturated carbocycles. The molecule has 0 spiro atoms. The SMILES string of the molecule is CNC(=O)c1cc(NC(C)c2cccc(Cl)c2)ccc1Cl. The summed E-state index contributed by atoms with van der Waals surface area (Å²) in [4.78, 5) is 11.7. The zero-order valence-electron chi connectivity index (χ0n) is 11.8. The van der Waals surface area contributed by atoms with Gasteiger partial charge in [-0.1, -0.05) is 35.3 Å². The standard InChI is InChI=1S/C16H16Cl2N2O/c1-10(11-4-3-5-12(17)8-11)20-13-6-7-15(18)14(9-13)16(21)19-2/h3-10,20H,1-2H3,(H,19,21). The lowest BCUT2D eigenvalue weighted by Gasteiger charge is -2.17. The van der Waals surface area contributed by atoms with Crippen LogP contribution >= 0.6 is 23.2 Å². The number of amides is 1. The van der Waals surface area contributed by atoms with Gasteiger partial charge in [0, 0.05) is 23.8 Å². The predicted molar refractivity (Wildman–Crippen MR) is 88.3 cm³/mol. The second-order valence-electron chi connectivity index (χ2n) is 4.69. The molecular formula is C16H16Cl2N2O. The maximum atomic E-state index is 11.7. The Balaban J connectivity index is 2.21. The van der Waals surface area contributed by atoms with Crippen LogP contribution in [0.5, 0.6) is 0 Å². The summed E-state index contributed by atoms with van der Waals surface area (Å²) in [5, 5.41) is 7.03. The van der Waals surface area contributed by atoms with Gasteiger partial charge >= 0.3 is 0 Å². The first-order valence-corrected chi connectivity index (χ1v) is 7.30. The number of rotatable bonds is 4. The lowest BCUT2D eigenvalue weighted by Crippen LogP contribution is -2.18. The van der Waals surface area contributed by atoms with E-state index in [-0.39, 0.29) is 11.9 Å². The molecule has 0 saturated heterocycles. The van der Waals surface area contributed by atoms with Crippen molar-refractivity contribution in [1.82, 2.24) is 5.32 Å². The van der Waals surface area contributed by atoms with E-state index in [0.717, 1.165) is 11.3 Å². The van der Waals surface area contributed by atoms with Gasteiger partial charge in [-0.3, -0.25) is 4.79 Å². The summed E-state index contributed by atoms with van der Waals surface area (Å²) < 4.78 is 0. The molecule has 3 nitrogen and oxygen atoms in total. The van der Waals surface area contributed by atoms with Crippen LogP contribution in [0.2, 0.25) is 10.0 Å². The second-order valence-corrected chi connectivity index (χ2v) is 5.54. The van der Waals surface area contributed by atoms with Crippen molar-refractivity contribution in [2.75, 3.05) is 12.4 Å². The molecule has 0 bridgehead atoms. The van der Waals surface area contributed by atoms with Crippen LogP contribution in [-0.4, -0.2) is 13.0 Å². The van der Waals surface area contributed by atoms with E-state index < -0.39 is 0 Å². The molecule has 1 unspecified atom stereocenters. The largest absolute Gasteiger partial charge is 0.378 e. The van der Waals surface area contributed by atoms with Gasteiger partial charge < -0.3 is 10.6 Å². The minimum absolute atomic E-state index is 0.0578. The number of carbonyl (C=O) groups is 1. The predicted octanol–water partition coefficient (Wildman–Crippen LogP) is 4.53. The molecule has 5 heteroatoms. The molecule has 2 N–H and O–H groups in total. The Morgan fingerprint density at radius 2 is 1.90 bits per heavy atom. The number of anilines is 1. The van der Waals surface area contributed by atoms with Gasteiger partial charge in [-0.05, 0) is 42.8 Å². The lowest BCUT2D eigenvalue weighted by molar-refractivity contribution is 0.0963. The van der Waals surface area contributed by atoms with Crippen LogP contribution in [0.15, 0.2) is 42.5 Å². The summed E-state index contributed by atoms with van der Waals surface area (Å²) in [6.45, 7) is 2.03. The number of carbonyl (C=O) groups excluding carboxylic acids is 1. The van der Waals surface area contributed by atoms with E-state index in [2.05, 4.69) is 10.6 Å². The van der Waals surface area contributed by atoms with Gasteiger partial charge in [0.1, 0.15) is 0 Å². The van der Waals surface area contributed by atoms with Gasteiger partial charge in [0.05, 0.1) is 10.6 Å². The van der Waals surface area contributed by atoms with Crippen LogP contribution in [-0.2, 0) is 0 Å². The molecular weight excluding hydrogens is 307 g/mol. The summed E-state index contributed by atoms with van der Waals surface area (Å²) in [7, 11) is 1.58. The van der Waals surface area contributed by atoms with Crippen molar-refractivity contribution in [3.63, 3.8) is 0 Å². The highest BCUT2D eigenvalue weighted by Gasteiger charge is 2.11. The Labute approximate surface area is 134 Å². The highest BCUT2D eigenvalue weighted by Crippen LogP contribution is 2.25. The number of benzene rings is 2. The summed E-state index contributed by atoms with van der Waals surface area (Å²) in [5.41, 5.74) is 2.34. The van der Waals surface area contributed by atoms with Gasteiger partial charge in [-0.2, -0.15) is 0 Å². The molecule has 2 aromatic rings. The van der Waals surface area contributed by atoms with Crippen molar-refractivity contribution < 1.29 is 4.79 Å². The molecule has 0 aromatic heterocycles. The minimum atomic E-state index is -0.209. The van der Waals surface area contributed by atoms with Crippen LogP contribution in [0.4, 0.5) is 5.69 Å². The highest BCUT2D eigenvalue weighted by molar-refractivity contribution is 6.34. The Morgan fingerprint density at radius 3 is 2.57 bits per heavy atom. The first kappa shape index (κ1) is 15.7. The molecule has 21 heavy (non-hydrogen) atoms. The van der Waals surface area contributed by atoms with Gasteiger partial charge in [-0.25, -0.2) is 0 Å². The molecule has 2 rings (SSSR count). The number of halogens is 2. The van der Waals surface area contributed by atoms with Crippen LogP contribution in [0.25, 0.3) is 0 Å². The molecule has 1 amide bonds. The zero-order valence-corrected chi connectivity index (χ0v) is 13.3.